The SMILES string of the molecule is CS(=O)(=O)c1ccc(CN2C(=O)NC3(CCN(C[C@@H]4CNC[C@@H]4c4ccccc4)CC3)C2=O)cc1. The maximum absolute atomic E-state index is 13.3. The van der Waals surface area contributed by atoms with Gasteiger partial charge >= 0.3 is 6.03 Å². The van der Waals surface area contributed by atoms with E-state index in [1.54, 1.807) is 12.1 Å². The summed E-state index contributed by atoms with van der Waals surface area (Å²) in [6.45, 7) is 4.61. The van der Waals surface area contributed by atoms with Crippen LogP contribution in [-0.4, -0.2) is 74.7 Å². The van der Waals surface area contributed by atoms with Crippen LogP contribution in [0.1, 0.15) is 29.9 Å². The highest BCUT2D eigenvalue weighted by Crippen LogP contribution is 2.33. The number of imide groups is 1. The molecule has 3 aliphatic rings. The molecule has 2 atom stereocenters. The van der Waals surface area contributed by atoms with Crippen LogP contribution in [0.5, 0.6) is 0 Å². The van der Waals surface area contributed by atoms with E-state index in [0.717, 1.165) is 44.5 Å². The quantitative estimate of drug-likeness (QED) is 0.594. The smallest absolute Gasteiger partial charge is 0.323 e. The van der Waals surface area contributed by atoms with Gasteiger partial charge in [-0.25, -0.2) is 13.2 Å². The molecule has 3 saturated heterocycles. The molecule has 35 heavy (non-hydrogen) atoms. The first kappa shape index (κ1) is 24.0. The van der Waals surface area contributed by atoms with Crippen molar-refractivity contribution in [1.82, 2.24) is 20.4 Å². The summed E-state index contributed by atoms with van der Waals surface area (Å²) in [5, 5.41) is 6.51. The molecule has 5 rings (SSSR count). The number of carbonyl (C=O) groups is 2. The summed E-state index contributed by atoms with van der Waals surface area (Å²) < 4.78 is 23.4. The van der Waals surface area contributed by atoms with E-state index < -0.39 is 15.4 Å². The number of hydrogen-bond donors (Lipinski definition) is 2. The van der Waals surface area contributed by atoms with E-state index in [9.17, 15) is 18.0 Å². The van der Waals surface area contributed by atoms with Crippen molar-refractivity contribution in [2.75, 3.05) is 39.0 Å². The summed E-state index contributed by atoms with van der Waals surface area (Å²) >= 11 is 0. The molecular formula is C26H32N4O4S. The van der Waals surface area contributed by atoms with Crippen molar-refractivity contribution in [2.24, 2.45) is 5.92 Å². The van der Waals surface area contributed by atoms with Crippen molar-refractivity contribution in [3.63, 3.8) is 0 Å². The number of sulfone groups is 1. The van der Waals surface area contributed by atoms with Crippen LogP contribution in [0.4, 0.5) is 4.79 Å². The first-order valence-electron chi connectivity index (χ1n) is 12.2. The second kappa shape index (κ2) is 9.37. The molecule has 1 spiro atoms. The van der Waals surface area contributed by atoms with Gasteiger partial charge in [0, 0.05) is 38.4 Å². The standard InChI is InChI=1S/C26H32N4O4S/c1-35(33,34)22-9-7-19(8-10-22)17-30-24(31)26(28-25(30)32)11-13-29(14-12-26)18-21-15-27-16-23(21)20-5-3-2-4-6-20/h2-10,21,23,27H,11-18H2,1H3,(H,28,32)/t21-,23+/m0/s1. The van der Waals surface area contributed by atoms with Crippen molar-refractivity contribution < 1.29 is 18.0 Å². The molecule has 0 aliphatic carbocycles. The van der Waals surface area contributed by atoms with Gasteiger partial charge in [-0.1, -0.05) is 42.5 Å². The molecule has 2 aromatic carbocycles. The predicted octanol–water partition coefficient (Wildman–Crippen LogP) is 1.98. The van der Waals surface area contributed by atoms with E-state index in [4.69, 9.17) is 0 Å². The molecule has 186 valence electrons. The Bertz CT molecular complexity index is 1190. The zero-order valence-corrected chi connectivity index (χ0v) is 20.8. The zero-order chi connectivity index (χ0) is 24.6. The normalized spacial score (nSPS) is 24.8. The monoisotopic (exact) mass is 496 g/mol. The van der Waals surface area contributed by atoms with Gasteiger partial charge < -0.3 is 15.5 Å². The number of nitrogens with one attached hydrogen (secondary N) is 2. The molecule has 0 saturated carbocycles. The summed E-state index contributed by atoms with van der Waals surface area (Å²) in [5.74, 6) is 0.829. The molecule has 0 radical (unpaired) electrons. The van der Waals surface area contributed by atoms with E-state index in [1.165, 1.54) is 22.6 Å². The Balaban J connectivity index is 1.20. The predicted molar refractivity (Wildman–Crippen MR) is 133 cm³/mol. The van der Waals surface area contributed by atoms with Gasteiger partial charge in [-0.15, -0.1) is 0 Å². The second-order valence-electron chi connectivity index (χ2n) is 10.1. The largest absolute Gasteiger partial charge is 0.325 e. The summed E-state index contributed by atoms with van der Waals surface area (Å²) in [6, 6.07) is 16.6. The lowest BCUT2D eigenvalue weighted by Gasteiger charge is -2.38. The van der Waals surface area contributed by atoms with Gasteiger partial charge in [-0.2, -0.15) is 0 Å². The topological polar surface area (TPSA) is 98.8 Å². The molecule has 2 aromatic rings. The molecule has 3 aliphatic heterocycles. The molecule has 9 heteroatoms. The van der Waals surface area contributed by atoms with Gasteiger partial charge in [0.05, 0.1) is 11.4 Å². The Morgan fingerprint density at radius 3 is 2.31 bits per heavy atom. The van der Waals surface area contributed by atoms with Gasteiger partial charge in [0.15, 0.2) is 9.84 Å². The number of carbonyl (C=O) groups excluding carboxylic acids is 2. The number of benzene rings is 2. The van der Waals surface area contributed by atoms with Crippen LogP contribution in [0.25, 0.3) is 0 Å². The Morgan fingerprint density at radius 2 is 1.66 bits per heavy atom. The van der Waals surface area contributed by atoms with E-state index in [-0.39, 0.29) is 23.4 Å². The van der Waals surface area contributed by atoms with E-state index >= 15 is 0 Å². The summed E-state index contributed by atoms with van der Waals surface area (Å²) in [4.78, 5) is 30.0. The fourth-order valence-corrected chi connectivity index (χ4v) is 6.28. The van der Waals surface area contributed by atoms with Crippen LogP contribution in [0.15, 0.2) is 59.5 Å². The summed E-state index contributed by atoms with van der Waals surface area (Å²) in [7, 11) is -3.29. The molecule has 0 unspecified atom stereocenters. The maximum atomic E-state index is 13.3. The van der Waals surface area contributed by atoms with Crippen LogP contribution in [-0.2, 0) is 21.2 Å². The fourth-order valence-electron chi connectivity index (χ4n) is 5.65. The minimum absolute atomic E-state index is 0.132. The van der Waals surface area contributed by atoms with E-state index in [2.05, 4.69) is 39.8 Å². The number of rotatable bonds is 6. The number of amides is 3. The molecule has 3 amide bonds. The minimum atomic E-state index is -3.29. The Labute approximate surface area is 206 Å². The second-order valence-corrected chi connectivity index (χ2v) is 12.1. The zero-order valence-electron chi connectivity index (χ0n) is 19.9. The third-order valence-corrected chi connectivity index (χ3v) is 8.84. The number of nitrogens with zero attached hydrogens (tertiary/aromatic N) is 2. The lowest BCUT2D eigenvalue weighted by molar-refractivity contribution is -0.133. The van der Waals surface area contributed by atoms with Crippen molar-refractivity contribution in [3.8, 4) is 0 Å². The molecule has 3 fully saturated rings. The number of hydrogen-bond acceptors (Lipinski definition) is 6. The van der Waals surface area contributed by atoms with Crippen molar-refractivity contribution in [2.45, 2.75) is 35.7 Å². The molecule has 0 bridgehead atoms. The molecule has 3 heterocycles. The van der Waals surface area contributed by atoms with Crippen LogP contribution in [0.2, 0.25) is 0 Å². The van der Waals surface area contributed by atoms with Crippen molar-refractivity contribution >= 4 is 21.8 Å². The molecular weight excluding hydrogens is 464 g/mol. The third kappa shape index (κ3) is 4.85. The van der Waals surface area contributed by atoms with Gasteiger partial charge in [-0.05, 0) is 48.6 Å². The van der Waals surface area contributed by atoms with Crippen molar-refractivity contribution in [3.05, 3.63) is 65.7 Å². The Morgan fingerprint density at radius 1 is 0.971 bits per heavy atom. The summed E-state index contributed by atoms with van der Waals surface area (Å²) in [6.07, 6.45) is 2.34. The van der Waals surface area contributed by atoms with Gasteiger partial charge in [-0.3, -0.25) is 9.69 Å². The molecule has 2 N–H and O–H groups in total. The summed E-state index contributed by atoms with van der Waals surface area (Å²) in [5.41, 5.74) is 1.25. The van der Waals surface area contributed by atoms with Crippen molar-refractivity contribution in [1.29, 1.82) is 0 Å². The first-order valence-corrected chi connectivity index (χ1v) is 14.1. The number of urea groups is 1. The van der Waals surface area contributed by atoms with Crippen LogP contribution >= 0.6 is 0 Å². The maximum Gasteiger partial charge on any atom is 0.325 e. The molecule has 8 nitrogen and oxygen atoms in total. The number of piperidine rings is 1. The van der Waals surface area contributed by atoms with Crippen LogP contribution < -0.4 is 10.6 Å². The average molecular weight is 497 g/mol. The highest BCUT2D eigenvalue weighted by atomic mass is 32.2. The highest BCUT2D eigenvalue weighted by molar-refractivity contribution is 7.90. The third-order valence-electron chi connectivity index (χ3n) is 7.71. The van der Waals surface area contributed by atoms with Crippen LogP contribution in [0.3, 0.4) is 0 Å². The Hall–Kier alpha value is -2.75. The van der Waals surface area contributed by atoms with E-state index in [1.807, 2.05) is 6.07 Å². The lowest BCUT2D eigenvalue weighted by atomic mass is 9.85. The van der Waals surface area contributed by atoms with Gasteiger partial charge in [0.25, 0.3) is 5.91 Å². The average Bonchev–Trinajstić information content (AvgIpc) is 3.39. The fraction of sp³-hybridized carbons (Fsp3) is 0.462. The Kier molecular flexibility index (Phi) is 6.41. The lowest BCUT2D eigenvalue weighted by Crippen LogP contribution is -2.55. The number of likely N-dealkylation sites (tertiary alicyclic amines) is 1. The minimum Gasteiger partial charge on any atom is -0.323 e. The van der Waals surface area contributed by atoms with Gasteiger partial charge in [0.1, 0.15) is 5.54 Å². The van der Waals surface area contributed by atoms with E-state index in [0.29, 0.717) is 24.7 Å². The van der Waals surface area contributed by atoms with Gasteiger partial charge in [0.2, 0.25) is 0 Å². The first-order chi connectivity index (χ1) is 16.7. The highest BCUT2D eigenvalue weighted by Gasteiger charge is 2.52. The van der Waals surface area contributed by atoms with Crippen LogP contribution in [0, 0.1) is 5.92 Å². The molecule has 0 aromatic heterocycles.